The van der Waals surface area contributed by atoms with E-state index >= 15 is 0 Å². The summed E-state index contributed by atoms with van der Waals surface area (Å²) in [5, 5.41) is 44.6. The number of nitriles is 4. The summed E-state index contributed by atoms with van der Waals surface area (Å²) < 4.78 is 0. The van der Waals surface area contributed by atoms with Crippen molar-refractivity contribution in [3.05, 3.63) is 35.9 Å². The first-order valence-corrected chi connectivity index (χ1v) is 6.96. The van der Waals surface area contributed by atoms with Crippen LogP contribution in [-0.2, 0) is 0 Å². The minimum Gasteiger partial charge on any atom is -0.303 e. The zero-order chi connectivity index (χ0) is 17.1. The first-order chi connectivity index (χ1) is 11.0. The highest BCUT2D eigenvalue weighted by molar-refractivity contribution is 6.00. The zero-order valence-electron chi connectivity index (χ0n) is 12.9. The van der Waals surface area contributed by atoms with Crippen LogP contribution in [0.5, 0.6) is 0 Å². The number of nitrogens with zero attached hydrogens (tertiary/aromatic N) is 6. The van der Waals surface area contributed by atoms with Gasteiger partial charge < -0.3 is 5.01 Å². The standard InChI is InChI=1S/C17H14N6/c1-23(2)22-15-8-14(13-6-4-3-5-7-13)16(9-18,10-19)17(15,11-20)12-21/h3-7,14H,8H2,1-2H3/t14-/m1/s1. The number of hydrazone groups is 1. The van der Waals surface area contributed by atoms with Gasteiger partial charge in [-0.3, -0.25) is 0 Å². The van der Waals surface area contributed by atoms with Crippen LogP contribution in [0.3, 0.4) is 0 Å². The van der Waals surface area contributed by atoms with E-state index < -0.39 is 16.7 Å². The minimum absolute atomic E-state index is 0.213. The van der Waals surface area contributed by atoms with Crippen molar-refractivity contribution >= 4 is 5.71 Å². The molecule has 0 heterocycles. The van der Waals surface area contributed by atoms with Gasteiger partial charge in [-0.2, -0.15) is 26.1 Å². The summed E-state index contributed by atoms with van der Waals surface area (Å²) in [5.41, 5.74) is -2.69. The van der Waals surface area contributed by atoms with E-state index in [1.807, 2.05) is 30.3 Å². The Labute approximate surface area is 135 Å². The van der Waals surface area contributed by atoms with Gasteiger partial charge in [0.15, 0.2) is 5.41 Å². The SMILES string of the molecule is CN(C)N=C1C[C@H](c2ccccc2)C(C#N)(C#N)C1(C#N)C#N. The van der Waals surface area contributed by atoms with E-state index in [2.05, 4.69) is 5.10 Å². The van der Waals surface area contributed by atoms with Crippen LogP contribution < -0.4 is 0 Å². The van der Waals surface area contributed by atoms with E-state index in [-0.39, 0.29) is 12.1 Å². The van der Waals surface area contributed by atoms with Crippen LogP contribution in [0.1, 0.15) is 17.9 Å². The Kier molecular flexibility index (Phi) is 4.04. The predicted molar refractivity (Wildman–Crippen MR) is 82.2 cm³/mol. The maximum Gasteiger partial charge on any atom is 0.215 e. The quantitative estimate of drug-likeness (QED) is 0.777. The monoisotopic (exact) mass is 302 g/mol. The van der Waals surface area contributed by atoms with E-state index in [0.717, 1.165) is 5.56 Å². The van der Waals surface area contributed by atoms with Gasteiger partial charge in [-0.25, -0.2) is 0 Å². The molecule has 0 aromatic heterocycles. The normalized spacial score (nSPS) is 22.3. The molecule has 0 saturated heterocycles. The zero-order valence-corrected chi connectivity index (χ0v) is 12.9. The van der Waals surface area contributed by atoms with Gasteiger partial charge in [0.25, 0.3) is 0 Å². The van der Waals surface area contributed by atoms with E-state index in [1.54, 1.807) is 38.4 Å². The largest absolute Gasteiger partial charge is 0.303 e. The number of benzene rings is 1. The molecule has 6 heteroatoms. The third-order valence-electron chi connectivity index (χ3n) is 4.16. The van der Waals surface area contributed by atoms with Gasteiger partial charge in [0.05, 0.1) is 30.0 Å². The molecule has 2 rings (SSSR count). The van der Waals surface area contributed by atoms with Gasteiger partial charge in [-0.1, -0.05) is 30.3 Å². The van der Waals surface area contributed by atoms with Gasteiger partial charge in [-0.05, 0) is 12.0 Å². The highest BCUT2D eigenvalue weighted by Crippen LogP contribution is 2.58. The van der Waals surface area contributed by atoms with Gasteiger partial charge in [-0.15, -0.1) is 0 Å². The lowest BCUT2D eigenvalue weighted by atomic mass is 9.63. The summed E-state index contributed by atoms with van der Waals surface area (Å²) in [6, 6.07) is 16.8. The molecule has 1 aliphatic rings. The number of rotatable bonds is 2. The lowest BCUT2D eigenvalue weighted by Crippen LogP contribution is -2.40. The maximum absolute atomic E-state index is 9.75. The molecule has 1 aromatic carbocycles. The summed E-state index contributed by atoms with van der Waals surface area (Å²) in [6.45, 7) is 0. The van der Waals surface area contributed by atoms with Crippen LogP contribution in [-0.4, -0.2) is 24.8 Å². The van der Waals surface area contributed by atoms with E-state index in [1.165, 1.54) is 5.01 Å². The molecule has 1 atom stereocenters. The molecule has 0 spiro atoms. The molecule has 1 aliphatic carbocycles. The Hall–Kier alpha value is -3.35. The van der Waals surface area contributed by atoms with Crippen LogP contribution in [0.15, 0.2) is 35.4 Å². The number of hydrogen-bond acceptors (Lipinski definition) is 6. The molecule has 1 aromatic rings. The molecule has 0 N–H and O–H groups in total. The van der Waals surface area contributed by atoms with Crippen LogP contribution in [0, 0.1) is 56.2 Å². The lowest BCUT2D eigenvalue weighted by Gasteiger charge is -2.28. The highest BCUT2D eigenvalue weighted by atomic mass is 15.4. The van der Waals surface area contributed by atoms with Crippen molar-refractivity contribution in [3.8, 4) is 24.3 Å². The van der Waals surface area contributed by atoms with Gasteiger partial charge in [0.1, 0.15) is 0 Å². The second-order valence-electron chi connectivity index (χ2n) is 5.57. The summed E-state index contributed by atoms with van der Waals surface area (Å²) in [5.74, 6) is -0.586. The average molecular weight is 302 g/mol. The topological polar surface area (TPSA) is 111 Å². The van der Waals surface area contributed by atoms with Crippen molar-refractivity contribution in [1.29, 1.82) is 21.0 Å². The van der Waals surface area contributed by atoms with Crippen molar-refractivity contribution in [2.75, 3.05) is 14.1 Å². The first kappa shape index (κ1) is 16.0. The third kappa shape index (κ3) is 2.10. The van der Waals surface area contributed by atoms with Crippen LogP contribution in [0.4, 0.5) is 0 Å². The van der Waals surface area contributed by atoms with E-state index in [0.29, 0.717) is 0 Å². The second-order valence-corrected chi connectivity index (χ2v) is 5.57. The van der Waals surface area contributed by atoms with E-state index in [9.17, 15) is 21.0 Å². The molecule has 23 heavy (non-hydrogen) atoms. The van der Waals surface area contributed by atoms with Crippen molar-refractivity contribution < 1.29 is 0 Å². The lowest BCUT2D eigenvalue weighted by molar-refractivity contribution is 0.363. The fourth-order valence-corrected chi connectivity index (χ4v) is 3.08. The Morgan fingerprint density at radius 3 is 2.00 bits per heavy atom. The average Bonchev–Trinajstić information content (AvgIpc) is 2.85. The third-order valence-corrected chi connectivity index (χ3v) is 4.16. The van der Waals surface area contributed by atoms with E-state index in [4.69, 9.17) is 0 Å². The van der Waals surface area contributed by atoms with Gasteiger partial charge in [0.2, 0.25) is 5.41 Å². The fourth-order valence-electron chi connectivity index (χ4n) is 3.08. The minimum atomic E-state index is -1.89. The van der Waals surface area contributed by atoms with Gasteiger partial charge in [0, 0.05) is 20.0 Å². The van der Waals surface area contributed by atoms with Crippen LogP contribution in [0.25, 0.3) is 0 Å². The molecule has 6 nitrogen and oxygen atoms in total. The predicted octanol–water partition coefficient (Wildman–Crippen LogP) is 2.16. The van der Waals surface area contributed by atoms with Crippen molar-refractivity contribution in [3.63, 3.8) is 0 Å². The summed E-state index contributed by atoms with van der Waals surface area (Å²) in [4.78, 5) is 0. The van der Waals surface area contributed by atoms with Gasteiger partial charge >= 0.3 is 0 Å². The van der Waals surface area contributed by atoms with Crippen LogP contribution >= 0.6 is 0 Å². The molecular formula is C17H14N6. The number of hydrogen-bond donors (Lipinski definition) is 0. The molecule has 1 saturated carbocycles. The summed E-state index contributed by atoms with van der Waals surface area (Å²) >= 11 is 0. The smallest absolute Gasteiger partial charge is 0.215 e. The molecule has 1 fully saturated rings. The molecular weight excluding hydrogens is 288 g/mol. The molecule has 0 aliphatic heterocycles. The van der Waals surface area contributed by atoms with Crippen molar-refractivity contribution in [2.24, 2.45) is 15.9 Å². The highest BCUT2D eigenvalue weighted by Gasteiger charge is 2.68. The Morgan fingerprint density at radius 1 is 1.00 bits per heavy atom. The summed E-state index contributed by atoms with van der Waals surface area (Å²) in [7, 11) is 3.34. The Morgan fingerprint density at radius 2 is 1.57 bits per heavy atom. The molecule has 0 unspecified atom stereocenters. The maximum atomic E-state index is 9.75. The Bertz CT molecular complexity index is 767. The fraction of sp³-hybridized carbons (Fsp3) is 0.353. The van der Waals surface area contributed by atoms with Crippen molar-refractivity contribution in [2.45, 2.75) is 12.3 Å². The molecule has 0 radical (unpaired) electrons. The second kappa shape index (κ2) is 5.80. The molecule has 112 valence electrons. The first-order valence-electron chi connectivity index (χ1n) is 6.96. The molecule has 0 amide bonds. The summed E-state index contributed by atoms with van der Waals surface area (Å²) in [6.07, 6.45) is 0.213. The molecule has 0 bridgehead atoms. The van der Waals surface area contributed by atoms with Crippen molar-refractivity contribution in [1.82, 2.24) is 5.01 Å². The Balaban J connectivity index is 2.79. The van der Waals surface area contributed by atoms with Crippen LogP contribution in [0.2, 0.25) is 0 Å².